The van der Waals surface area contributed by atoms with Crippen molar-refractivity contribution in [2.75, 3.05) is 7.11 Å². The van der Waals surface area contributed by atoms with Crippen LogP contribution in [0.25, 0.3) is 0 Å². The Hall–Kier alpha value is -2.70. The third-order valence-electron chi connectivity index (χ3n) is 4.36. The molecule has 0 unspecified atom stereocenters. The first kappa shape index (κ1) is 18.1. The molecule has 0 amide bonds. The van der Waals surface area contributed by atoms with E-state index in [1.54, 1.807) is 6.08 Å². The van der Waals surface area contributed by atoms with Gasteiger partial charge in [0.25, 0.3) is 0 Å². The summed E-state index contributed by atoms with van der Waals surface area (Å²) in [5, 5.41) is 4.19. The molecule has 0 heterocycles. The van der Waals surface area contributed by atoms with Gasteiger partial charge in [-0.3, -0.25) is 0 Å². The second-order valence-corrected chi connectivity index (χ2v) is 9.00. The maximum absolute atomic E-state index is 11.2. The number of hydrogen-bond donors (Lipinski definition) is 0. The molecule has 0 saturated carbocycles. The number of esters is 1. The number of benzene rings is 2. The van der Waals surface area contributed by atoms with Gasteiger partial charge in [-0.25, -0.2) is 0 Å². The van der Waals surface area contributed by atoms with Gasteiger partial charge in [0, 0.05) is 0 Å². The van der Waals surface area contributed by atoms with Crippen LogP contribution >= 0.6 is 7.92 Å². The van der Waals surface area contributed by atoms with Gasteiger partial charge in [0.2, 0.25) is 0 Å². The van der Waals surface area contributed by atoms with Crippen LogP contribution in [-0.2, 0) is 9.53 Å². The van der Waals surface area contributed by atoms with Crippen molar-refractivity contribution in [2.24, 2.45) is 0 Å². The van der Waals surface area contributed by atoms with Crippen LogP contribution in [0.5, 0.6) is 0 Å². The molecule has 0 fully saturated rings. The molecule has 0 aromatic heterocycles. The fourth-order valence-corrected chi connectivity index (χ4v) is 6.21. The molecule has 0 spiro atoms. The molecule has 0 radical (unpaired) electrons. The van der Waals surface area contributed by atoms with E-state index in [0.717, 1.165) is 6.42 Å². The number of ether oxygens (including phenoxy) is 1. The summed E-state index contributed by atoms with van der Waals surface area (Å²) in [6.45, 7) is 0. The number of methoxy groups -OCH3 is 1. The molecule has 0 N–H and O–H groups in total. The Kier molecular flexibility index (Phi) is 6.35. The van der Waals surface area contributed by atoms with Crippen LogP contribution in [0.4, 0.5) is 0 Å². The molecule has 2 aromatic rings. The van der Waals surface area contributed by atoms with Gasteiger partial charge < -0.3 is 0 Å². The van der Waals surface area contributed by atoms with E-state index in [1.807, 2.05) is 6.08 Å². The third kappa shape index (κ3) is 4.68. The molecule has 132 valence electrons. The minimum atomic E-state index is -1.51. The molecule has 2 aromatic carbocycles. The molecule has 1 aliphatic carbocycles. The van der Waals surface area contributed by atoms with E-state index < -0.39 is 7.92 Å². The van der Waals surface area contributed by atoms with Crippen LogP contribution in [0.3, 0.4) is 0 Å². The van der Waals surface area contributed by atoms with E-state index in [9.17, 15) is 4.79 Å². The van der Waals surface area contributed by atoms with Crippen LogP contribution in [0, 0.1) is 0 Å². The topological polar surface area (TPSA) is 26.3 Å². The van der Waals surface area contributed by atoms with Crippen LogP contribution in [0.15, 0.2) is 108 Å². The van der Waals surface area contributed by atoms with Crippen LogP contribution < -0.4 is 10.6 Å². The Labute approximate surface area is 156 Å². The van der Waals surface area contributed by atoms with Gasteiger partial charge in [-0.05, 0) is 0 Å². The molecule has 1 aliphatic rings. The van der Waals surface area contributed by atoms with E-state index in [2.05, 4.69) is 83.6 Å². The summed E-state index contributed by atoms with van der Waals surface area (Å²) >= 11 is 0. The van der Waals surface area contributed by atoms with E-state index in [4.69, 9.17) is 0 Å². The molecular weight excluding hydrogens is 339 g/mol. The second-order valence-electron chi connectivity index (χ2n) is 6.13. The summed E-state index contributed by atoms with van der Waals surface area (Å²) in [4.78, 5) is 11.2. The van der Waals surface area contributed by atoms with Crippen LogP contribution in [0.1, 0.15) is 6.42 Å². The maximum atomic E-state index is 11.2. The molecule has 3 heteroatoms. The van der Waals surface area contributed by atoms with Gasteiger partial charge in [0.1, 0.15) is 0 Å². The Morgan fingerprint density at radius 3 is 2.19 bits per heavy atom. The van der Waals surface area contributed by atoms with Gasteiger partial charge >= 0.3 is 156 Å². The average Bonchev–Trinajstić information content (AvgIpc) is 2.70. The normalized spacial score (nSPS) is 15.8. The number of hydrogen-bond acceptors (Lipinski definition) is 2. The molecule has 0 saturated heterocycles. The van der Waals surface area contributed by atoms with Gasteiger partial charge in [0.05, 0.1) is 0 Å². The number of carbonyl (C=O) groups is 1. The number of allylic oxidation sites excluding steroid dienone is 7. The molecular formula is C23H23O2P. The van der Waals surface area contributed by atoms with Crippen molar-refractivity contribution in [3.05, 3.63) is 108 Å². The third-order valence-corrected chi connectivity index (χ3v) is 7.49. The Bertz CT molecular complexity index is 822. The monoisotopic (exact) mass is 362 g/mol. The molecule has 3 rings (SSSR count). The summed E-state index contributed by atoms with van der Waals surface area (Å²) in [5.74, 6) is -0.335. The van der Waals surface area contributed by atoms with Crippen molar-refractivity contribution < 1.29 is 9.53 Å². The Morgan fingerprint density at radius 1 is 1.00 bits per heavy atom. The SMILES string of the molecule is COC(=O)C=CC=C1C=C([PH2](c2ccccc2)c2ccccc2)C=CC1. The van der Waals surface area contributed by atoms with E-state index in [1.165, 1.54) is 34.7 Å². The standard InChI is InChI=1S/C23H23O2P/c1-25-23(24)17-9-11-19-10-8-16-22(18-19)26(20-12-4-2-5-13-20)21-14-6-3-7-15-21/h2-9,11-18H,10,26H2,1H3. The number of carbonyl (C=O) groups excluding carboxylic acids is 1. The molecule has 0 bridgehead atoms. The first-order valence-corrected chi connectivity index (χ1v) is 10.4. The predicted molar refractivity (Wildman–Crippen MR) is 113 cm³/mol. The van der Waals surface area contributed by atoms with E-state index >= 15 is 0 Å². The molecule has 2 nitrogen and oxygen atoms in total. The quantitative estimate of drug-likeness (QED) is 0.455. The average molecular weight is 362 g/mol. The van der Waals surface area contributed by atoms with Crippen molar-refractivity contribution >= 4 is 24.5 Å². The van der Waals surface area contributed by atoms with E-state index in [-0.39, 0.29) is 5.97 Å². The number of rotatable bonds is 5. The van der Waals surface area contributed by atoms with Crippen molar-refractivity contribution in [1.29, 1.82) is 0 Å². The summed E-state index contributed by atoms with van der Waals surface area (Å²) in [7, 11) is -0.126. The Morgan fingerprint density at radius 2 is 1.62 bits per heavy atom. The fourth-order valence-electron chi connectivity index (χ4n) is 3.13. The first-order valence-electron chi connectivity index (χ1n) is 8.71. The molecule has 0 aliphatic heterocycles. The summed E-state index contributed by atoms with van der Waals surface area (Å²) < 4.78 is 4.64. The zero-order valence-electron chi connectivity index (χ0n) is 14.8. The van der Waals surface area contributed by atoms with Crippen LogP contribution in [-0.4, -0.2) is 13.1 Å². The van der Waals surface area contributed by atoms with Crippen molar-refractivity contribution in [2.45, 2.75) is 6.42 Å². The van der Waals surface area contributed by atoms with Gasteiger partial charge in [0.15, 0.2) is 0 Å². The van der Waals surface area contributed by atoms with Gasteiger partial charge in [-0.1, -0.05) is 0 Å². The van der Waals surface area contributed by atoms with E-state index in [0.29, 0.717) is 0 Å². The molecule has 0 atom stereocenters. The fraction of sp³-hybridized carbons (Fsp3) is 0.0870. The predicted octanol–water partition coefficient (Wildman–Crippen LogP) is 4.08. The summed E-state index contributed by atoms with van der Waals surface area (Å²) in [6, 6.07) is 21.5. The second kappa shape index (κ2) is 9.12. The zero-order valence-corrected chi connectivity index (χ0v) is 16.0. The van der Waals surface area contributed by atoms with Crippen molar-refractivity contribution in [3.8, 4) is 0 Å². The van der Waals surface area contributed by atoms with Gasteiger partial charge in [-0.15, -0.1) is 0 Å². The minimum absolute atomic E-state index is 0.335. The summed E-state index contributed by atoms with van der Waals surface area (Å²) in [6.07, 6.45) is 12.8. The van der Waals surface area contributed by atoms with Crippen LogP contribution in [0.2, 0.25) is 0 Å². The zero-order chi connectivity index (χ0) is 18.2. The molecule has 26 heavy (non-hydrogen) atoms. The summed E-state index contributed by atoms with van der Waals surface area (Å²) in [5.41, 5.74) is 1.20. The van der Waals surface area contributed by atoms with Gasteiger partial charge in [-0.2, -0.15) is 0 Å². The first-order chi connectivity index (χ1) is 12.8. The van der Waals surface area contributed by atoms with Crippen molar-refractivity contribution in [3.63, 3.8) is 0 Å². The Balaban J connectivity index is 1.96. The van der Waals surface area contributed by atoms with Crippen molar-refractivity contribution in [1.82, 2.24) is 0 Å².